The average molecular weight is 314 g/mol. The van der Waals surface area contributed by atoms with E-state index in [1.165, 1.54) is 4.88 Å². The molecule has 2 aromatic rings. The van der Waals surface area contributed by atoms with Crippen LogP contribution in [0.25, 0.3) is 0 Å². The van der Waals surface area contributed by atoms with E-state index in [0.29, 0.717) is 0 Å². The van der Waals surface area contributed by atoms with Crippen LogP contribution in [0.2, 0.25) is 0 Å². The van der Waals surface area contributed by atoms with Gasteiger partial charge in [-0.25, -0.2) is 0 Å². The molecule has 1 atom stereocenters. The van der Waals surface area contributed by atoms with E-state index in [2.05, 4.69) is 24.4 Å². The number of halogens is 1. The highest BCUT2D eigenvalue weighted by atomic mass is 35.5. The molecule has 0 aliphatic rings. The lowest BCUT2D eigenvalue weighted by atomic mass is 10.2. The molecule has 0 saturated carbocycles. The van der Waals surface area contributed by atoms with Crippen LogP contribution in [0, 0.1) is 0 Å². The maximum absolute atomic E-state index is 5.88. The summed E-state index contributed by atoms with van der Waals surface area (Å²) in [5, 5.41) is 4.01. The fourth-order valence-electron chi connectivity index (χ4n) is 1.98. The van der Waals surface area contributed by atoms with Crippen LogP contribution in [0.15, 0.2) is 41.8 Å². The standard InChI is InChI=1S/C15H19NO2S.ClH/c1-4-14(15-6-5-11-19-15)16(2)18-13-9-7-12(17-3)8-10-13;/h5-11,14H,4H2,1-3H3;1H. The van der Waals surface area contributed by atoms with Crippen molar-refractivity contribution in [1.82, 2.24) is 5.06 Å². The highest BCUT2D eigenvalue weighted by Gasteiger charge is 2.17. The zero-order valence-corrected chi connectivity index (χ0v) is 13.5. The van der Waals surface area contributed by atoms with Crippen LogP contribution in [0.4, 0.5) is 0 Å². The minimum absolute atomic E-state index is 0. The second-order valence-corrected chi connectivity index (χ2v) is 5.23. The quantitative estimate of drug-likeness (QED) is 0.730. The van der Waals surface area contributed by atoms with Crippen LogP contribution in [0.5, 0.6) is 11.5 Å². The van der Waals surface area contributed by atoms with Crippen LogP contribution < -0.4 is 9.57 Å². The third kappa shape index (κ3) is 4.13. The zero-order valence-electron chi connectivity index (χ0n) is 11.9. The summed E-state index contributed by atoms with van der Waals surface area (Å²) < 4.78 is 5.13. The van der Waals surface area contributed by atoms with Crippen molar-refractivity contribution in [2.24, 2.45) is 0 Å². The molecule has 0 amide bonds. The van der Waals surface area contributed by atoms with Gasteiger partial charge >= 0.3 is 0 Å². The first-order valence-electron chi connectivity index (χ1n) is 6.33. The Morgan fingerprint density at radius 1 is 1.15 bits per heavy atom. The molecule has 0 fully saturated rings. The van der Waals surface area contributed by atoms with Gasteiger partial charge in [0.25, 0.3) is 0 Å². The maximum Gasteiger partial charge on any atom is 0.147 e. The highest BCUT2D eigenvalue weighted by Crippen LogP contribution is 2.28. The zero-order chi connectivity index (χ0) is 13.7. The molecule has 0 aliphatic carbocycles. The van der Waals surface area contributed by atoms with Gasteiger partial charge in [-0.2, -0.15) is 0 Å². The van der Waals surface area contributed by atoms with E-state index in [1.54, 1.807) is 18.4 Å². The Kier molecular flexibility index (Phi) is 6.85. The molecular formula is C15H20ClNO2S. The van der Waals surface area contributed by atoms with Crippen LogP contribution in [-0.2, 0) is 0 Å². The second-order valence-electron chi connectivity index (χ2n) is 4.25. The lowest BCUT2D eigenvalue weighted by molar-refractivity contribution is -0.0725. The summed E-state index contributed by atoms with van der Waals surface area (Å²) in [4.78, 5) is 7.19. The van der Waals surface area contributed by atoms with Crippen molar-refractivity contribution in [2.45, 2.75) is 19.4 Å². The summed E-state index contributed by atoms with van der Waals surface area (Å²) in [6.07, 6.45) is 1.01. The molecule has 20 heavy (non-hydrogen) atoms. The van der Waals surface area contributed by atoms with Gasteiger partial charge in [-0.3, -0.25) is 0 Å². The van der Waals surface area contributed by atoms with Gasteiger partial charge in [0.1, 0.15) is 11.5 Å². The van der Waals surface area contributed by atoms with Gasteiger partial charge in [0.05, 0.1) is 13.2 Å². The molecule has 2 rings (SSSR count). The third-order valence-corrected chi connectivity index (χ3v) is 3.98. The molecule has 0 radical (unpaired) electrons. The minimum Gasteiger partial charge on any atom is -0.497 e. The van der Waals surface area contributed by atoms with E-state index < -0.39 is 0 Å². The van der Waals surface area contributed by atoms with Gasteiger partial charge in [0, 0.05) is 11.9 Å². The number of rotatable bonds is 6. The first-order chi connectivity index (χ1) is 9.24. The number of hydrogen-bond donors (Lipinski definition) is 0. The van der Waals surface area contributed by atoms with Crippen molar-refractivity contribution in [3.05, 3.63) is 46.7 Å². The predicted molar refractivity (Wildman–Crippen MR) is 86.0 cm³/mol. The number of hydrogen-bond acceptors (Lipinski definition) is 4. The van der Waals surface area contributed by atoms with Gasteiger partial charge in [-0.1, -0.05) is 13.0 Å². The van der Waals surface area contributed by atoms with Crippen molar-refractivity contribution >= 4 is 23.7 Å². The Balaban J connectivity index is 0.00000200. The highest BCUT2D eigenvalue weighted by molar-refractivity contribution is 7.10. The SMILES string of the molecule is CCC(c1cccs1)N(C)Oc1ccc(OC)cc1.Cl. The minimum atomic E-state index is 0. The molecule has 1 heterocycles. The van der Waals surface area contributed by atoms with Crippen molar-refractivity contribution in [3.63, 3.8) is 0 Å². The topological polar surface area (TPSA) is 21.7 Å². The van der Waals surface area contributed by atoms with E-state index in [1.807, 2.05) is 36.4 Å². The number of hydroxylamine groups is 2. The summed E-state index contributed by atoms with van der Waals surface area (Å²) in [7, 11) is 3.63. The Morgan fingerprint density at radius 3 is 2.30 bits per heavy atom. The van der Waals surface area contributed by atoms with Gasteiger partial charge in [0.2, 0.25) is 0 Å². The Hall–Kier alpha value is -1.23. The van der Waals surface area contributed by atoms with E-state index >= 15 is 0 Å². The summed E-state index contributed by atoms with van der Waals surface area (Å²) in [6.45, 7) is 2.16. The summed E-state index contributed by atoms with van der Waals surface area (Å²) in [5.41, 5.74) is 0. The molecular weight excluding hydrogens is 294 g/mol. The number of thiophene rings is 1. The van der Waals surface area contributed by atoms with E-state index in [9.17, 15) is 0 Å². The molecule has 5 heteroatoms. The van der Waals surface area contributed by atoms with Crippen LogP contribution in [-0.4, -0.2) is 19.2 Å². The van der Waals surface area contributed by atoms with Crippen molar-refractivity contribution < 1.29 is 9.57 Å². The summed E-state index contributed by atoms with van der Waals surface area (Å²) >= 11 is 1.76. The summed E-state index contributed by atoms with van der Waals surface area (Å²) in [6, 6.07) is 12.1. The lowest BCUT2D eigenvalue weighted by Gasteiger charge is -2.25. The molecule has 1 aromatic carbocycles. The molecule has 1 unspecified atom stereocenters. The Morgan fingerprint density at radius 2 is 1.80 bits per heavy atom. The number of ether oxygens (including phenoxy) is 1. The fraction of sp³-hybridized carbons (Fsp3) is 0.333. The molecule has 1 aromatic heterocycles. The first kappa shape index (κ1) is 16.8. The van der Waals surface area contributed by atoms with Crippen LogP contribution in [0.3, 0.4) is 0 Å². The van der Waals surface area contributed by atoms with Gasteiger partial charge in [0.15, 0.2) is 0 Å². The molecule has 3 nitrogen and oxygen atoms in total. The largest absolute Gasteiger partial charge is 0.497 e. The average Bonchev–Trinajstić information content (AvgIpc) is 2.94. The summed E-state index contributed by atoms with van der Waals surface area (Å²) in [5.74, 6) is 1.65. The first-order valence-corrected chi connectivity index (χ1v) is 7.20. The number of benzene rings is 1. The third-order valence-electron chi connectivity index (χ3n) is 3.01. The van der Waals surface area contributed by atoms with Gasteiger partial charge in [-0.05, 0) is 42.1 Å². The molecule has 0 bridgehead atoms. The second kappa shape index (κ2) is 8.15. The Labute approximate surface area is 130 Å². The molecule has 0 aliphatic heterocycles. The van der Waals surface area contributed by atoms with E-state index in [4.69, 9.17) is 9.57 Å². The Bertz CT molecular complexity index is 487. The maximum atomic E-state index is 5.88. The van der Waals surface area contributed by atoms with Crippen molar-refractivity contribution in [3.8, 4) is 11.5 Å². The molecule has 0 spiro atoms. The molecule has 0 saturated heterocycles. The molecule has 110 valence electrons. The van der Waals surface area contributed by atoms with Gasteiger partial charge in [-0.15, -0.1) is 28.8 Å². The predicted octanol–water partition coefficient (Wildman–Crippen LogP) is 4.56. The monoisotopic (exact) mass is 313 g/mol. The number of nitrogens with zero attached hydrogens (tertiary/aromatic N) is 1. The van der Waals surface area contributed by atoms with E-state index in [0.717, 1.165) is 17.9 Å². The van der Waals surface area contributed by atoms with Crippen LogP contribution in [0.1, 0.15) is 24.3 Å². The normalized spacial score (nSPS) is 11.8. The van der Waals surface area contributed by atoms with Gasteiger partial charge < -0.3 is 9.57 Å². The fourth-order valence-corrected chi connectivity index (χ4v) is 2.93. The molecule has 0 N–H and O–H groups in total. The van der Waals surface area contributed by atoms with Crippen molar-refractivity contribution in [2.75, 3.05) is 14.2 Å². The van der Waals surface area contributed by atoms with E-state index in [-0.39, 0.29) is 18.4 Å². The number of methoxy groups -OCH3 is 1. The van der Waals surface area contributed by atoms with Crippen molar-refractivity contribution in [1.29, 1.82) is 0 Å². The smallest absolute Gasteiger partial charge is 0.147 e. The van der Waals surface area contributed by atoms with Crippen LogP contribution >= 0.6 is 23.7 Å². The lowest BCUT2D eigenvalue weighted by Crippen LogP contribution is -2.27.